The molecule has 1 nitrogen and oxygen atoms in total. The third-order valence-corrected chi connectivity index (χ3v) is 3.15. The Bertz CT molecular complexity index is 672. The summed E-state index contributed by atoms with van der Waals surface area (Å²) in [5.74, 6) is 0. The minimum absolute atomic E-state index is 0.135. The lowest BCUT2D eigenvalue weighted by Crippen LogP contribution is -2.12. The van der Waals surface area contributed by atoms with E-state index >= 15 is 0 Å². The van der Waals surface area contributed by atoms with Gasteiger partial charge in [0, 0.05) is 6.54 Å². The van der Waals surface area contributed by atoms with E-state index in [9.17, 15) is 26.3 Å². The van der Waals surface area contributed by atoms with E-state index in [-0.39, 0.29) is 12.1 Å². The maximum absolute atomic E-state index is 13.2. The maximum Gasteiger partial charge on any atom is 0.417 e. The van der Waals surface area contributed by atoms with Gasteiger partial charge in [-0.3, -0.25) is 0 Å². The lowest BCUT2D eigenvalue weighted by Gasteiger charge is -2.18. The van der Waals surface area contributed by atoms with Crippen LogP contribution in [-0.4, -0.2) is 0 Å². The molecular formula is C15H11F6N. The van der Waals surface area contributed by atoms with Crippen LogP contribution in [0.5, 0.6) is 0 Å². The highest BCUT2D eigenvalue weighted by Gasteiger charge is 2.38. The number of nitrogens with two attached hydrogens (primary N) is 1. The van der Waals surface area contributed by atoms with E-state index in [4.69, 9.17) is 5.73 Å². The van der Waals surface area contributed by atoms with Crippen molar-refractivity contribution in [2.75, 3.05) is 0 Å². The molecule has 2 N–H and O–H groups in total. The second-order valence-electron chi connectivity index (χ2n) is 4.63. The van der Waals surface area contributed by atoms with Crippen LogP contribution in [0.2, 0.25) is 0 Å². The number of alkyl halides is 6. The number of hydrogen-bond acceptors (Lipinski definition) is 1. The highest BCUT2D eigenvalue weighted by atomic mass is 19.4. The predicted octanol–water partition coefficient (Wildman–Crippen LogP) is 4.85. The quantitative estimate of drug-likeness (QED) is 0.787. The highest BCUT2D eigenvalue weighted by Crippen LogP contribution is 2.42. The Labute approximate surface area is 122 Å². The Morgan fingerprint density at radius 1 is 0.727 bits per heavy atom. The molecule has 0 amide bonds. The van der Waals surface area contributed by atoms with Crippen LogP contribution in [0.25, 0.3) is 11.1 Å². The summed E-state index contributed by atoms with van der Waals surface area (Å²) in [6.07, 6.45) is -9.52. The highest BCUT2D eigenvalue weighted by molar-refractivity contribution is 5.72. The van der Waals surface area contributed by atoms with Gasteiger partial charge in [0.15, 0.2) is 0 Å². The van der Waals surface area contributed by atoms with Crippen molar-refractivity contribution in [3.63, 3.8) is 0 Å². The molecule has 2 rings (SSSR count). The Morgan fingerprint density at radius 2 is 1.27 bits per heavy atom. The van der Waals surface area contributed by atoms with Gasteiger partial charge in [-0.15, -0.1) is 0 Å². The molecule has 0 saturated heterocycles. The zero-order valence-electron chi connectivity index (χ0n) is 11.1. The van der Waals surface area contributed by atoms with E-state index in [1.165, 1.54) is 12.1 Å². The van der Waals surface area contributed by atoms with Crippen LogP contribution >= 0.6 is 0 Å². The first kappa shape index (κ1) is 16.4. The SMILES string of the molecule is NCc1ccc(-c2ccccc2C(F)(F)F)c(C(F)(F)F)c1. The van der Waals surface area contributed by atoms with Gasteiger partial charge in [0.25, 0.3) is 0 Å². The zero-order valence-corrected chi connectivity index (χ0v) is 11.1. The van der Waals surface area contributed by atoms with E-state index in [1.807, 2.05) is 0 Å². The van der Waals surface area contributed by atoms with Gasteiger partial charge in [0.1, 0.15) is 0 Å². The molecule has 0 spiro atoms. The minimum Gasteiger partial charge on any atom is -0.326 e. The molecule has 0 bridgehead atoms. The summed E-state index contributed by atoms with van der Waals surface area (Å²) in [6.45, 7) is -0.135. The molecule has 2 aromatic carbocycles. The van der Waals surface area contributed by atoms with Crippen molar-refractivity contribution in [3.05, 3.63) is 59.2 Å². The van der Waals surface area contributed by atoms with Crippen LogP contribution < -0.4 is 5.73 Å². The molecule has 0 fully saturated rings. The molecule has 0 aromatic heterocycles. The fourth-order valence-electron chi connectivity index (χ4n) is 2.15. The van der Waals surface area contributed by atoms with Crippen molar-refractivity contribution in [1.29, 1.82) is 0 Å². The number of hydrogen-bond donors (Lipinski definition) is 1. The second kappa shape index (κ2) is 5.64. The molecule has 0 aliphatic carbocycles. The van der Waals surface area contributed by atoms with Gasteiger partial charge < -0.3 is 5.73 Å². The zero-order chi connectivity index (χ0) is 16.5. The average Bonchev–Trinajstić information content (AvgIpc) is 2.45. The first-order chi connectivity index (χ1) is 10.1. The summed E-state index contributed by atoms with van der Waals surface area (Å²) in [5, 5.41) is 0. The van der Waals surface area contributed by atoms with Gasteiger partial charge in [-0.1, -0.05) is 30.3 Å². The topological polar surface area (TPSA) is 26.0 Å². The molecule has 0 radical (unpaired) electrons. The molecule has 2 aromatic rings. The molecular weight excluding hydrogens is 308 g/mol. The third-order valence-electron chi connectivity index (χ3n) is 3.15. The number of benzene rings is 2. The molecule has 0 atom stereocenters. The summed E-state index contributed by atoms with van der Waals surface area (Å²) in [7, 11) is 0. The van der Waals surface area contributed by atoms with E-state index < -0.39 is 34.6 Å². The van der Waals surface area contributed by atoms with E-state index in [0.717, 1.165) is 30.3 Å². The summed E-state index contributed by atoms with van der Waals surface area (Å²) >= 11 is 0. The van der Waals surface area contributed by atoms with Crippen LogP contribution in [0.4, 0.5) is 26.3 Å². The number of rotatable bonds is 2. The maximum atomic E-state index is 13.2. The largest absolute Gasteiger partial charge is 0.417 e. The monoisotopic (exact) mass is 319 g/mol. The van der Waals surface area contributed by atoms with Gasteiger partial charge in [0.2, 0.25) is 0 Å². The van der Waals surface area contributed by atoms with Gasteiger partial charge >= 0.3 is 12.4 Å². The fraction of sp³-hybridized carbons (Fsp3) is 0.200. The van der Waals surface area contributed by atoms with Gasteiger partial charge in [-0.25, -0.2) is 0 Å². The molecule has 0 unspecified atom stereocenters. The third kappa shape index (κ3) is 3.24. The molecule has 0 heterocycles. The standard InChI is InChI=1S/C15H11F6N/c16-14(17,18)12-4-2-1-3-10(12)11-6-5-9(8-22)7-13(11)15(19,20)21/h1-7H,8,22H2. The Morgan fingerprint density at radius 3 is 1.82 bits per heavy atom. The Balaban J connectivity index is 2.74. The van der Waals surface area contributed by atoms with Crippen LogP contribution in [0.3, 0.4) is 0 Å². The van der Waals surface area contributed by atoms with Crippen molar-refractivity contribution >= 4 is 0 Å². The molecule has 22 heavy (non-hydrogen) atoms. The van der Waals surface area contributed by atoms with Crippen molar-refractivity contribution < 1.29 is 26.3 Å². The lowest BCUT2D eigenvalue weighted by atomic mass is 9.93. The molecule has 0 aliphatic heterocycles. The van der Waals surface area contributed by atoms with Gasteiger partial charge in [-0.05, 0) is 28.8 Å². The van der Waals surface area contributed by atoms with Crippen LogP contribution in [0.15, 0.2) is 42.5 Å². The lowest BCUT2D eigenvalue weighted by molar-refractivity contribution is -0.139. The van der Waals surface area contributed by atoms with Crippen molar-refractivity contribution in [2.24, 2.45) is 5.73 Å². The summed E-state index contributed by atoms with van der Waals surface area (Å²) in [5.41, 5.74) is 2.23. The summed E-state index contributed by atoms with van der Waals surface area (Å²) in [4.78, 5) is 0. The van der Waals surface area contributed by atoms with Gasteiger partial charge in [-0.2, -0.15) is 26.3 Å². The molecule has 118 valence electrons. The Kier molecular flexibility index (Phi) is 4.19. The second-order valence-corrected chi connectivity index (χ2v) is 4.63. The Hall–Kier alpha value is -2.02. The van der Waals surface area contributed by atoms with Crippen LogP contribution in [0.1, 0.15) is 16.7 Å². The van der Waals surface area contributed by atoms with Crippen molar-refractivity contribution in [1.82, 2.24) is 0 Å². The minimum atomic E-state index is -4.78. The fourth-order valence-corrected chi connectivity index (χ4v) is 2.15. The average molecular weight is 319 g/mol. The molecule has 0 saturated carbocycles. The molecule has 0 aliphatic rings. The summed E-state index contributed by atoms with van der Waals surface area (Å²) in [6, 6.07) is 7.27. The molecule has 7 heteroatoms. The van der Waals surface area contributed by atoms with E-state index in [0.29, 0.717) is 0 Å². The number of halogens is 6. The van der Waals surface area contributed by atoms with Crippen molar-refractivity contribution in [2.45, 2.75) is 18.9 Å². The van der Waals surface area contributed by atoms with E-state index in [2.05, 4.69) is 0 Å². The van der Waals surface area contributed by atoms with Crippen molar-refractivity contribution in [3.8, 4) is 11.1 Å². The first-order valence-electron chi connectivity index (χ1n) is 6.21. The summed E-state index contributed by atoms with van der Waals surface area (Å²) < 4.78 is 78.5. The smallest absolute Gasteiger partial charge is 0.326 e. The predicted molar refractivity (Wildman–Crippen MR) is 69.8 cm³/mol. The van der Waals surface area contributed by atoms with E-state index in [1.54, 1.807) is 0 Å². The van der Waals surface area contributed by atoms with Gasteiger partial charge in [0.05, 0.1) is 11.1 Å². The van der Waals surface area contributed by atoms with Crippen LogP contribution in [-0.2, 0) is 18.9 Å². The first-order valence-corrected chi connectivity index (χ1v) is 6.21. The van der Waals surface area contributed by atoms with Crippen LogP contribution in [0, 0.1) is 0 Å². The normalized spacial score (nSPS) is 12.5.